The van der Waals surface area contributed by atoms with Crippen LogP contribution in [0.2, 0.25) is 0 Å². The van der Waals surface area contributed by atoms with E-state index in [4.69, 9.17) is 10.5 Å². The van der Waals surface area contributed by atoms with Crippen LogP contribution in [-0.4, -0.2) is 17.3 Å². The van der Waals surface area contributed by atoms with Gasteiger partial charge in [0.15, 0.2) is 0 Å². The minimum absolute atomic E-state index is 0.138. The largest absolute Gasteiger partial charge is 0.490 e. The van der Waals surface area contributed by atoms with Gasteiger partial charge < -0.3 is 15.6 Å². The van der Waals surface area contributed by atoms with E-state index in [1.54, 1.807) is 6.92 Å². The minimum atomic E-state index is -0.834. The van der Waals surface area contributed by atoms with Crippen molar-refractivity contribution in [3.05, 3.63) is 28.2 Å². The third-order valence-corrected chi connectivity index (χ3v) is 3.50. The Morgan fingerprint density at radius 1 is 1.47 bits per heavy atom. The van der Waals surface area contributed by atoms with Gasteiger partial charge in [0.25, 0.3) is 0 Å². The van der Waals surface area contributed by atoms with Crippen molar-refractivity contribution in [3.63, 3.8) is 0 Å². The Balaban J connectivity index is 2.76. The molecule has 1 unspecified atom stereocenters. The quantitative estimate of drug-likeness (QED) is 0.879. The molecule has 0 fully saturated rings. The lowest BCUT2D eigenvalue weighted by molar-refractivity contribution is -0.0268. The maximum absolute atomic E-state index is 10.1. The summed E-state index contributed by atoms with van der Waals surface area (Å²) >= 11 is 3.39. The molecule has 4 heteroatoms. The molecule has 0 aromatic heterocycles. The third-order valence-electron chi connectivity index (χ3n) is 3.01. The van der Waals surface area contributed by atoms with Crippen LogP contribution in [0, 0.1) is 5.92 Å². The molecular weight excluding hydrogens is 282 g/mol. The number of hydrogen-bond acceptors (Lipinski definition) is 3. The Kier molecular flexibility index (Phi) is 4.98. The molecule has 0 aliphatic rings. The molecule has 0 aliphatic heterocycles. The lowest BCUT2D eigenvalue weighted by Gasteiger charge is -2.28. The Labute approximate surface area is 111 Å². The van der Waals surface area contributed by atoms with E-state index >= 15 is 0 Å². The van der Waals surface area contributed by atoms with Gasteiger partial charge in [-0.3, -0.25) is 0 Å². The Hall–Kier alpha value is -0.580. The molecule has 0 bridgehead atoms. The van der Waals surface area contributed by atoms with E-state index in [-0.39, 0.29) is 12.5 Å². The van der Waals surface area contributed by atoms with Gasteiger partial charge in [-0.2, -0.15) is 0 Å². The first-order valence-electron chi connectivity index (χ1n) is 5.70. The second kappa shape index (κ2) is 5.85. The molecule has 1 aromatic carbocycles. The van der Waals surface area contributed by atoms with Crippen molar-refractivity contribution in [2.24, 2.45) is 11.7 Å². The van der Waals surface area contributed by atoms with Crippen LogP contribution in [0.5, 0.6) is 5.75 Å². The molecule has 1 atom stereocenters. The van der Waals surface area contributed by atoms with Crippen molar-refractivity contribution in [2.75, 3.05) is 6.61 Å². The molecule has 0 aliphatic carbocycles. The molecule has 1 rings (SSSR count). The molecule has 0 spiro atoms. The summed E-state index contributed by atoms with van der Waals surface area (Å²) < 4.78 is 6.63. The van der Waals surface area contributed by atoms with E-state index in [0.29, 0.717) is 6.54 Å². The lowest BCUT2D eigenvalue weighted by Crippen LogP contribution is -2.38. The van der Waals surface area contributed by atoms with E-state index in [9.17, 15) is 5.11 Å². The van der Waals surface area contributed by atoms with Gasteiger partial charge in [0.05, 0.1) is 5.60 Å². The monoisotopic (exact) mass is 301 g/mol. The molecule has 3 nitrogen and oxygen atoms in total. The maximum atomic E-state index is 10.1. The van der Waals surface area contributed by atoms with E-state index in [1.165, 1.54) is 0 Å². The van der Waals surface area contributed by atoms with Crippen LogP contribution in [0.1, 0.15) is 26.3 Å². The summed E-state index contributed by atoms with van der Waals surface area (Å²) in [7, 11) is 0. The average Bonchev–Trinajstić information content (AvgIpc) is 2.27. The average molecular weight is 302 g/mol. The molecule has 3 N–H and O–H groups in total. The van der Waals surface area contributed by atoms with Gasteiger partial charge in [-0.15, -0.1) is 0 Å². The topological polar surface area (TPSA) is 55.5 Å². The summed E-state index contributed by atoms with van der Waals surface area (Å²) in [5.41, 5.74) is 5.75. The molecule has 0 heterocycles. The molecule has 0 saturated heterocycles. The van der Waals surface area contributed by atoms with Crippen molar-refractivity contribution in [2.45, 2.75) is 32.9 Å². The molecule has 1 aromatic rings. The first-order valence-corrected chi connectivity index (χ1v) is 6.50. The van der Waals surface area contributed by atoms with Gasteiger partial charge in [0.2, 0.25) is 0 Å². The van der Waals surface area contributed by atoms with Crippen molar-refractivity contribution in [1.29, 1.82) is 0 Å². The molecule has 0 radical (unpaired) electrons. The highest BCUT2D eigenvalue weighted by atomic mass is 79.9. The van der Waals surface area contributed by atoms with Gasteiger partial charge in [0.1, 0.15) is 12.4 Å². The number of halogens is 1. The lowest BCUT2D eigenvalue weighted by atomic mass is 9.94. The summed E-state index contributed by atoms with van der Waals surface area (Å²) in [5.74, 6) is 0.871. The molecular formula is C13H20BrNO2. The first-order chi connectivity index (χ1) is 7.86. The summed E-state index contributed by atoms with van der Waals surface area (Å²) in [6.45, 7) is 6.39. The van der Waals surface area contributed by atoms with Crippen molar-refractivity contribution >= 4 is 15.9 Å². The molecule has 0 saturated carbocycles. The number of hydrogen-bond donors (Lipinski definition) is 2. The molecule has 0 amide bonds. The molecule has 96 valence electrons. The zero-order valence-electron chi connectivity index (χ0n) is 10.5. The summed E-state index contributed by atoms with van der Waals surface area (Å²) in [6.07, 6.45) is 0. The van der Waals surface area contributed by atoms with Crippen LogP contribution in [0.3, 0.4) is 0 Å². The predicted octanol–water partition coefficient (Wildman–Crippen LogP) is 2.69. The smallest absolute Gasteiger partial charge is 0.124 e. The number of rotatable bonds is 5. The Morgan fingerprint density at radius 2 is 2.12 bits per heavy atom. The second-order valence-corrected chi connectivity index (χ2v) is 5.67. The van der Waals surface area contributed by atoms with Gasteiger partial charge in [0, 0.05) is 16.6 Å². The Bertz CT molecular complexity index is 378. The summed E-state index contributed by atoms with van der Waals surface area (Å²) in [5, 5.41) is 10.1. The summed E-state index contributed by atoms with van der Waals surface area (Å²) in [4.78, 5) is 0. The number of ether oxygens (including phenoxy) is 1. The van der Waals surface area contributed by atoms with Crippen LogP contribution in [-0.2, 0) is 6.54 Å². The zero-order valence-corrected chi connectivity index (χ0v) is 12.1. The SMILES string of the molecule is CC(C)C(C)(O)COc1ccc(Br)cc1CN. The van der Waals surface area contributed by atoms with Gasteiger partial charge >= 0.3 is 0 Å². The highest BCUT2D eigenvalue weighted by molar-refractivity contribution is 9.10. The highest BCUT2D eigenvalue weighted by Gasteiger charge is 2.26. The maximum Gasteiger partial charge on any atom is 0.124 e. The third kappa shape index (κ3) is 3.98. The summed E-state index contributed by atoms with van der Waals surface area (Å²) in [6, 6.07) is 5.70. The van der Waals surface area contributed by atoms with E-state index in [2.05, 4.69) is 15.9 Å². The van der Waals surface area contributed by atoms with Crippen molar-refractivity contribution in [3.8, 4) is 5.75 Å². The van der Waals surface area contributed by atoms with Gasteiger partial charge in [-0.25, -0.2) is 0 Å². The fraction of sp³-hybridized carbons (Fsp3) is 0.538. The fourth-order valence-corrected chi connectivity index (χ4v) is 1.65. The standard InChI is InChI=1S/C13H20BrNO2/c1-9(2)13(3,16)8-17-12-5-4-11(14)6-10(12)7-15/h4-6,9,16H,7-8,15H2,1-3H3. The van der Waals surface area contributed by atoms with E-state index in [1.807, 2.05) is 32.0 Å². The minimum Gasteiger partial charge on any atom is -0.490 e. The number of benzene rings is 1. The number of nitrogens with two attached hydrogens (primary N) is 1. The molecule has 17 heavy (non-hydrogen) atoms. The fourth-order valence-electron chi connectivity index (χ4n) is 1.24. The van der Waals surface area contributed by atoms with Gasteiger partial charge in [-0.1, -0.05) is 29.8 Å². The highest BCUT2D eigenvalue weighted by Crippen LogP contribution is 2.25. The van der Waals surface area contributed by atoms with E-state index in [0.717, 1.165) is 15.8 Å². The first kappa shape index (κ1) is 14.5. The van der Waals surface area contributed by atoms with Crippen LogP contribution in [0.4, 0.5) is 0 Å². The van der Waals surface area contributed by atoms with Gasteiger partial charge in [-0.05, 0) is 31.0 Å². The normalized spacial score (nSPS) is 14.8. The van der Waals surface area contributed by atoms with Crippen LogP contribution in [0.25, 0.3) is 0 Å². The number of aliphatic hydroxyl groups is 1. The van der Waals surface area contributed by atoms with Crippen molar-refractivity contribution in [1.82, 2.24) is 0 Å². The van der Waals surface area contributed by atoms with Crippen LogP contribution >= 0.6 is 15.9 Å². The van der Waals surface area contributed by atoms with Crippen molar-refractivity contribution < 1.29 is 9.84 Å². The van der Waals surface area contributed by atoms with Crippen LogP contribution < -0.4 is 10.5 Å². The Morgan fingerprint density at radius 3 is 2.65 bits per heavy atom. The van der Waals surface area contributed by atoms with E-state index < -0.39 is 5.60 Å². The van der Waals surface area contributed by atoms with Crippen LogP contribution in [0.15, 0.2) is 22.7 Å². The second-order valence-electron chi connectivity index (χ2n) is 4.76. The zero-order chi connectivity index (χ0) is 13.1. The predicted molar refractivity (Wildman–Crippen MR) is 73.0 cm³/mol.